The van der Waals surface area contributed by atoms with Crippen LogP contribution in [0.15, 0.2) is 81.7 Å². The Hall–Kier alpha value is -4.64. The third kappa shape index (κ3) is 4.89. The first-order chi connectivity index (χ1) is 20.1. The summed E-state index contributed by atoms with van der Waals surface area (Å²) in [6.45, 7) is 3.37. The van der Waals surface area contributed by atoms with Gasteiger partial charge in [0.2, 0.25) is 0 Å². The molecule has 0 saturated carbocycles. The van der Waals surface area contributed by atoms with E-state index in [1.165, 1.54) is 29.2 Å². The molecule has 0 aliphatic carbocycles. The van der Waals surface area contributed by atoms with Gasteiger partial charge in [-0.1, -0.05) is 36.4 Å². The van der Waals surface area contributed by atoms with Gasteiger partial charge in [0.25, 0.3) is 5.91 Å². The van der Waals surface area contributed by atoms with Crippen LogP contribution in [0.4, 0.5) is 15.8 Å². The number of nitrogens with zero attached hydrogens (tertiary/aromatic N) is 2. The lowest BCUT2D eigenvalue weighted by Gasteiger charge is -2.34. The van der Waals surface area contributed by atoms with Crippen LogP contribution in [0.25, 0.3) is 0 Å². The Balaban J connectivity index is 1.54. The summed E-state index contributed by atoms with van der Waals surface area (Å²) in [6, 6.07) is 16.7. The first-order valence-electron chi connectivity index (χ1n) is 13.4. The molecule has 42 heavy (non-hydrogen) atoms. The summed E-state index contributed by atoms with van der Waals surface area (Å²) in [7, 11) is -3.96. The Morgan fingerprint density at radius 2 is 1.93 bits per heavy atom. The van der Waals surface area contributed by atoms with E-state index in [9.17, 15) is 18.3 Å². The summed E-state index contributed by atoms with van der Waals surface area (Å²) in [5, 5.41) is 13.9. The van der Waals surface area contributed by atoms with Gasteiger partial charge < -0.3 is 19.6 Å². The van der Waals surface area contributed by atoms with Crippen LogP contribution in [-0.2, 0) is 16.4 Å². The number of benzene rings is 3. The number of aryl methyl sites for hydroxylation is 2. The summed E-state index contributed by atoms with van der Waals surface area (Å²) in [5.74, 6) is -1.12. The Labute approximate surface area is 242 Å². The van der Waals surface area contributed by atoms with Crippen molar-refractivity contribution in [3.63, 3.8) is 0 Å². The van der Waals surface area contributed by atoms with Crippen molar-refractivity contribution in [3.8, 4) is 11.5 Å². The second-order valence-corrected chi connectivity index (χ2v) is 12.3. The van der Waals surface area contributed by atoms with Crippen molar-refractivity contribution in [1.29, 1.82) is 0 Å². The molecule has 1 aromatic heterocycles. The molecule has 6 rings (SSSR count). The molecule has 1 amide bonds. The molecule has 11 heteroatoms. The number of hydrogen-bond acceptors (Lipinski definition) is 8. The molecule has 3 heterocycles. The summed E-state index contributed by atoms with van der Waals surface area (Å²) in [4.78, 5) is 19.6. The number of nitrogens with one attached hydrogen (secondary N) is 1. The fourth-order valence-electron chi connectivity index (χ4n) is 5.49. The lowest BCUT2D eigenvalue weighted by atomic mass is 10.00. The van der Waals surface area contributed by atoms with Gasteiger partial charge in [-0.2, -0.15) is 0 Å². The monoisotopic (exact) mass is 589 g/mol. The summed E-state index contributed by atoms with van der Waals surface area (Å²) >= 11 is 0. The molecule has 4 aromatic rings. The number of anilines is 2. The van der Waals surface area contributed by atoms with Crippen molar-refractivity contribution in [3.05, 3.63) is 112 Å². The maximum atomic E-state index is 16.1. The molecular formula is C31H28FN3O6S. The van der Waals surface area contributed by atoms with E-state index in [-0.39, 0.29) is 63.0 Å². The number of rotatable bonds is 5. The Bertz CT molecular complexity index is 1830. The molecule has 0 radical (unpaired) electrons. The lowest BCUT2D eigenvalue weighted by molar-refractivity contribution is 0.0974. The highest BCUT2D eigenvalue weighted by Crippen LogP contribution is 2.49. The van der Waals surface area contributed by atoms with Gasteiger partial charge in [-0.05, 0) is 49.6 Å². The maximum Gasteiger partial charge on any atom is 0.281 e. The molecule has 2 aliphatic rings. The standard InChI is InChI=1S/C31H28FN3O6S/c1-18-27(33-19(2)41-18)31(37)35-25-11-6-12-26(36)28(25)34-24-10-7-15-42(38,39)30(24)29(35)22-14-13-21(16-23(22)32)40-17-20-8-4-3-5-9-20/h3-6,8-9,11-14,16,29,34,36H,7,10,15,17H2,1-2H3. The van der Waals surface area contributed by atoms with Gasteiger partial charge in [-0.25, -0.2) is 17.8 Å². The second-order valence-electron chi connectivity index (χ2n) is 10.2. The molecule has 216 valence electrons. The molecule has 1 unspecified atom stereocenters. The van der Waals surface area contributed by atoms with Gasteiger partial charge in [0.1, 0.15) is 41.4 Å². The summed E-state index contributed by atoms with van der Waals surface area (Å²) < 4.78 is 54.9. The van der Waals surface area contributed by atoms with Crippen molar-refractivity contribution in [2.45, 2.75) is 39.3 Å². The fourth-order valence-corrected chi connectivity index (χ4v) is 7.34. The number of para-hydroxylation sites is 1. The van der Waals surface area contributed by atoms with Crippen LogP contribution in [0.2, 0.25) is 0 Å². The van der Waals surface area contributed by atoms with E-state index in [1.54, 1.807) is 26.0 Å². The average molecular weight is 590 g/mol. The minimum atomic E-state index is -3.96. The van der Waals surface area contributed by atoms with Crippen molar-refractivity contribution < 1.29 is 31.9 Å². The first-order valence-corrected chi connectivity index (χ1v) is 15.1. The van der Waals surface area contributed by atoms with Gasteiger partial charge in [-0.3, -0.25) is 9.69 Å². The number of allylic oxidation sites excluding steroid dienone is 1. The van der Waals surface area contributed by atoms with Crippen molar-refractivity contribution in [2.75, 3.05) is 16.0 Å². The molecule has 0 saturated heterocycles. The van der Waals surface area contributed by atoms with Crippen LogP contribution in [0.5, 0.6) is 11.5 Å². The molecule has 3 aromatic carbocycles. The number of carbonyl (C=O) groups is 1. The second kappa shape index (κ2) is 10.6. The van der Waals surface area contributed by atoms with Gasteiger partial charge in [0.15, 0.2) is 21.4 Å². The van der Waals surface area contributed by atoms with Crippen molar-refractivity contribution >= 4 is 27.1 Å². The number of amides is 1. The number of aromatic hydroxyl groups is 1. The number of aromatic nitrogens is 1. The fraction of sp³-hybridized carbons (Fsp3) is 0.226. The van der Waals surface area contributed by atoms with Gasteiger partial charge in [0.05, 0.1) is 16.3 Å². The van der Waals surface area contributed by atoms with E-state index in [0.717, 1.165) is 5.56 Å². The van der Waals surface area contributed by atoms with Crippen LogP contribution in [0.3, 0.4) is 0 Å². The quantitative estimate of drug-likeness (QED) is 0.274. The zero-order valence-electron chi connectivity index (χ0n) is 22.9. The zero-order chi connectivity index (χ0) is 29.6. The number of sulfone groups is 1. The third-order valence-corrected chi connectivity index (χ3v) is 9.34. The molecule has 2 N–H and O–H groups in total. The normalized spacial score (nSPS) is 17.6. The largest absolute Gasteiger partial charge is 0.506 e. The topological polar surface area (TPSA) is 122 Å². The number of phenols is 1. The average Bonchev–Trinajstić information content (AvgIpc) is 3.21. The molecule has 2 aliphatic heterocycles. The molecule has 0 fully saturated rings. The van der Waals surface area contributed by atoms with E-state index in [2.05, 4.69) is 10.3 Å². The van der Waals surface area contributed by atoms with E-state index in [1.807, 2.05) is 30.3 Å². The molecule has 0 bridgehead atoms. The number of halogens is 1. The molecule has 0 spiro atoms. The van der Waals surface area contributed by atoms with Crippen LogP contribution < -0.4 is 15.0 Å². The predicted molar refractivity (Wildman–Crippen MR) is 154 cm³/mol. The van der Waals surface area contributed by atoms with E-state index in [0.29, 0.717) is 18.5 Å². The highest BCUT2D eigenvalue weighted by atomic mass is 32.2. The maximum absolute atomic E-state index is 16.1. The number of carbonyl (C=O) groups excluding carboxylic acids is 1. The van der Waals surface area contributed by atoms with E-state index < -0.39 is 27.6 Å². The number of fused-ring (bicyclic) bond motifs is 1. The number of ether oxygens (including phenoxy) is 1. The molecular weight excluding hydrogens is 561 g/mol. The van der Waals surface area contributed by atoms with Crippen molar-refractivity contribution in [2.24, 2.45) is 0 Å². The molecule has 9 nitrogen and oxygen atoms in total. The van der Waals surface area contributed by atoms with Gasteiger partial charge in [0, 0.05) is 24.3 Å². The molecule has 1 atom stereocenters. The van der Waals surface area contributed by atoms with E-state index >= 15 is 4.39 Å². The Kier molecular flexibility index (Phi) is 6.97. The number of phenolic OH excluding ortho intramolecular Hbond substituents is 1. The van der Waals surface area contributed by atoms with Gasteiger partial charge >= 0.3 is 0 Å². The van der Waals surface area contributed by atoms with Crippen LogP contribution >= 0.6 is 0 Å². The SMILES string of the molecule is Cc1nc(C(=O)N2c3cccc(O)c3NC3=C(C2c2ccc(OCc4ccccc4)cc2F)S(=O)(=O)CCC3)c(C)o1. The predicted octanol–water partition coefficient (Wildman–Crippen LogP) is 5.95. The summed E-state index contributed by atoms with van der Waals surface area (Å²) in [5.41, 5.74) is 1.39. The highest BCUT2D eigenvalue weighted by molar-refractivity contribution is 7.95. The van der Waals surface area contributed by atoms with Crippen LogP contribution in [-0.4, -0.2) is 30.2 Å². The lowest BCUT2D eigenvalue weighted by Crippen LogP contribution is -2.39. The first kappa shape index (κ1) is 27.5. The highest BCUT2D eigenvalue weighted by Gasteiger charge is 2.45. The minimum absolute atomic E-state index is 0.0488. The van der Waals surface area contributed by atoms with E-state index in [4.69, 9.17) is 9.15 Å². The zero-order valence-corrected chi connectivity index (χ0v) is 23.7. The third-order valence-electron chi connectivity index (χ3n) is 7.37. The summed E-state index contributed by atoms with van der Waals surface area (Å²) in [6.07, 6.45) is 0.650. The Morgan fingerprint density at radius 1 is 1.14 bits per heavy atom. The van der Waals surface area contributed by atoms with Crippen LogP contribution in [0.1, 0.15) is 52.1 Å². The number of oxazole rings is 1. The minimum Gasteiger partial charge on any atom is -0.506 e. The Morgan fingerprint density at radius 3 is 2.64 bits per heavy atom. The number of hydrogen-bond donors (Lipinski definition) is 2. The smallest absolute Gasteiger partial charge is 0.281 e. The van der Waals surface area contributed by atoms with Crippen molar-refractivity contribution in [1.82, 2.24) is 4.98 Å². The van der Waals surface area contributed by atoms with Gasteiger partial charge in [-0.15, -0.1) is 0 Å². The van der Waals surface area contributed by atoms with Crippen LogP contribution in [0, 0.1) is 19.7 Å².